The fourth-order valence-electron chi connectivity index (χ4n) is 3.65. The highest BCUT2D eigenvalue weighted by Crippen LogP contribution is 2.42. The maximum atomic E-state index is 13.2. The van der Waals surface area contributed by atoms with Gasteiger partial charge in [-0.15, -0.1) is 10.2 Å². The molecule has 0 spiro atoms. The summed E-state index contributed by atoms with van der Waals surface area (Å²) in [7, 11) is -3.19. The summed E-state index contributed by atoms with van der Waals surface area (Å²) in [6.45, 7) is 1.59. The highest BCUT2D eigenvalue weighted by molar-refractivity contribution is 7.86. The third-order valence-corrected chi connectivity index (χ3v) is 7.08. The highest BCUT2D eigenvalue weighted by atomic mass is 35.5. The third kappa shape index (κ3) is 5.37. The lowest BCUT2D eigenvalue weighted by Gasteiger charge is -2.14. The largest absolute Gasteiger partial charge is 0.505 e. The van der Waals surface area contributed by atoms with Gasteiger partial charge in [0, 0.05) is 5.39 Å². The van der Waals surface area contributed by atoms with Gasteiger partial charge in [-0.2, -0.15) is 8.42 Å². The molecule has 0 unspecified atom stereocenters. The number of nitrogens with zero attached hydrogens (tertiary/aromatic N) is 2. The van der Waals surface area contributed by atoms with Crippen molar-refractivity contribution in [1.82, 2.24) is 0 Å². The average molecular weight is 560 g/mol. The summed E-state index contributed by atoms with van der Waals surface area (Å²) in [5.41, 5.74) is 0.427. The number of azo groups is 1. The van der Waals surface area contributed by atoms with E-state index in [0.29, 0.717) is 22.1 Å². The molecule has 0 aliphatic rings. The van der Waals surface area contributed by atoms with Gasteiger partial charge in [-0.25, -0.2) is 0 Å². The first-order valence-electron chi connectivity index (χ1n) is 10.6. The molecule has 3 N–H and O–H groups in total. The van der Waals surface area contributed by atoms with Crippen LogP contribution in [0.2, 0.25) is 10.0 Å². The second-order valence-electron chi connectivity index (χ2n) is 7.88. The number of methoxy groups -OCH3 is 1. The van der Waals surface area contributed by atoms with E-state index < -0.39 is 26.7 Å². The van der Waals surface area contributed by atoms with E-state index in [2.05, 4.69) is 15.5 Å². The second kappa shape index (κ2) is 10.3. The normalized spacial score (nSPS) is 11.7. The van der Waals surface area contributed by atoms with Gasteiger partial charge in [0.15, 0.2) is 5.75 Å². The molecule has 4 rings (SSSR count). The molecule has 0 aliphatic heterocycles. The smallest absolute Gasteiger partial charge is 0.296 e. The summed E-state index contributed by atoms with van der Waals surface area (Å²) in [6.07, 6.45) is 0. The van der Waals surface area contributed by atoms with Crippen LogP contribution in [-0.4, -0.2) is 31.1 Å². The van der Waals surface area contributed by atoms with E-state index in [9.17, 15) is 22.9 Å². The molecule has 0 radical (unpaired) electrons. The molecular weight excluding hydrogens is 541 g/mol. The van der Waals surface area contributed by atoms with Crippen LogP contribution in [0.1, 0.15) is 15.9 Å². The fraction of sp³-hybridized carbons (Fsp3) is 0.0800. The van der Waals surface area contributed by atoms with Crippen molar-refractivity contribution >= 4 is 67.1 Å². The predicted molar refractivity (Wildman–Crippen MR) is 142 cm³/mol. The van der Waals surface area contributed by atoms with Crippen molar-refractivity contribution in [3.05, 3.63) is 81.8 Å². The highest BCUT2D eigenvalue weighted by Gasteiger charge is 2.22. The molecule has 0 aromatic heterocycles. The number of hydrogen-bond donors (Lipinski definition) is 3. The van der Waals surface area contributed by atoms with Crippen LogP contribution >= 0.6 is 23.2 Å². The first-order valence-corrected chi connectivity index (χ1v) is 12.8. The van der Waals surface area contributed by atoms with Crippen molar-refractivity contribution in [2.45, 2.75) is 11.8 Å². The molecule has 4 aromatic carbocycles. The fourth-order valence-corrected chi connectivity index (χ4v) is 4.97. The number of phenols is 1. The van der Waals surface area contributed by atoms with Crippen LogP contribution in [0.25, 0.3) is 10.8 Å². The first kappa shape index (κ1) is 26.4. The Hall–Kier alpha value is -3.70. The molecule has 1 amide bonds. The van der Waals surface area contributed by atoms with Crippen LogP contribution in [0, 0.1) is 6.92 Å². The molecule has 9 nitrogen and oxygen atoms in total. The number of aromatic hydroxyl groups is 1. The SMILES string of the molecule is COc1cccc(Cl)c1NC(=O)c1cc2ccccc2c(N=Nc2cc(C)cc(S(=O)(=O)O)c2Cl)c1O. The summed E-state index contributed by atoms with van der Waals surface area (Å²) >= 11 is 12.4. The molecule has 190 valence electrons. The molecule has 0 heterocycles. The number of fused-ring (bicyclic) bond motifs is 1. The molecule has 0 saturated carbocycles. The summed E-state index contributed by atoms with van der Waals surface area (Å²) in [5.74, 6) is -0.845. The zero-order valence-electron chi connectivity index (χ0n) is 19.4. The predicted octanol–water partition coefficient (Wildman–Crippen LogP) is 7.08. The van der Waals surface area contributed by atoms with Crippen LogP contribution < -0.4 is 10.1 Å². The number of anilines is 1. The summed E-state index contributed by atoms with van der Waals surface area (Å²) in [4.78, 5) is 12.7. The van der Waals surface area contributed by atoms with Crippen molar-refractivity contribution in [1.29, 1.82) is 0 Å². The molecule has 0 bridgehead atoms. The lowest BCUT2D eigenvalue weighted by Crippen LogP contribution is -2.13. The van der Waals surface area contributed by atoms with Gasteiger partial charge in [0.2, 0.25) is 0 Å². The Morgan fingerprint density at radius 3 is 2.46 bits per heavy atom. The van der Waals surface area contributed by atoms with Crippen LogP contribution in [-0.2, 0) is 10.1 Å². The van der Waals surface area contributed by atoms with Crippen LogP contribution in [0.15, 0.2) is 75.8 Å². The van der Waals surface area contributed by atoms with Crippen molar-refractivity contribution < 1.29 is 27.6 Å². The first-order chi connectivity index (χ1) is 17.5. The van der Waals surface area contributed by atoms with Crippen molar-refractivity contribution in [3.63, 3.8) is 0 Å². The lowest BCUT2D eigenvalue weighted by atomic mass is 10.0. The number of amides is 1. The summed E-state index contributed by atoms with van der Waals surface area (Å²) < 4.78 is 38.1. The molecule has 12 heteroatoms. The Balaban J connectivity index is 1.84. The minimum Gasteiger partial charge on any atom is -0.505 e. The van der Waals surface area contributed by atoms with Gasteiger partial charge in [-0.1, -0.05) is 53.5 Å². The number of carbonyl (C=O) groups is 1. The number of halogens is 2. The van der Waals surface area contributed by atoms with Crippen molar-refractivity contribution in [2.24, 2.45) is 10.2 Å². The van der Waals surface area contributed by atoms with E-state index in [1.165, 1.54) is 25.3 Å². The molecular formula is C25H19Cl2N3O6S. The summed E-state index contributed by atoms with van der Waals surface area (Å²) in [6, 6.07) is 15.8. The molecule has 4 aromatic rings. The minimum absolute atomic E-state index is 0.0552. The van der Waals surface area contributed by atoms with Crippen LogP contribution in [0.4, 0.5) is 17.1 Å². The maximum Gasteiger partial charge on any atom is 0.296 e. The number of nitrogens with one attached hydrogen (secondary N) is 1. The number of carbonyl (C=O) groups excluding carboxylic acids is 1. The minimum atomic E-state index is -4.62. The van der Waals surface area contributed by atoms with E-state index in [0.717, 1.165) is 0 Å². The number of aryl methyl sites for hydroxylation is 1. The number of benzene rings is 4. The summed E-state index contributed by atoms with van der Waals surface area (Å²) in [5, 5.41) is 22.8. The number of para-hydroxylation sites is 1. The quantitative estimate of drug-likeness (QED) is 0.170. The van der Waals surface area contributed by atoms with E-state index in [4.69, 9.17) is 27.9 Å². The topological polar surface area (TPSA) is 138 Å². The average Bonchev–Trinajstić information content (AvgIpc) is 2.85. The van der Waals surface area contributed by atoms with E-state index >= 15 is 0 Å². The Bertz CT molecular complexity index is 1690. The van der Waals surface area contributed by atoms with E-state index in [1.807, 2.05) is 0 Å². The maximum absolute atomic E-state index is 13.2. The zero-order valence-corrected chi connectivity index (χ0v) is 21.7. The Morgan fingerprint density at radius 2 is 1.76 bits per heavy atom. The van der Waals surface area contributed by atoms with E-state index in [1.54, 1.807) is 49.4 Å². The zero-order chi connectivity index (χ0) is 26.9. The number of hydrogen-bond acceptors (Lipinski definition) is 7. The molecule has 0 atom stereocenters. The van der Waals surface area contributed by atoms with Gasteiger partial charge in [0.05, 0.1) is 22.7 Å². The van der Waals surface area contributed by atoms with Crippen molar-refractivity contribution in [2.75, 3.05) is 12.4 Å². The van der Waals surface area contributed by atoms with E-state index in [-0.39, 0.29) is 32.7 Å². The van der Waals surface area contributed by atoms with Crippen LogP contribution in [0.3, 0.4) is 0 Å². The third-order valence-electron chi connectivity index (χ3n) is 5.37. The van der Waals surface area contributed by atoms with Gasteiger partial charge in [-0.05, 0) is 48.2 Å². The Labute approximate surface area is 222 Å². The number of rotatable bonds is 6. The van der Waals surface area contributed by atoms with Gasteiger partial charge in [0.25, 0.3) is 16.0 Å². The number of ether oxygens (including phenoxy) is 1. The monoisotopic (exact) mass is 559 g/mol. The van der Waals surface area contributed by atoms with Crippen LogP contribution in [0.5, 0.6) is 11.5 Å². The van der Waals surface area contributed by atoms with Gasteiger partial charge in [0.1, 0.15) is 27.7 Å². The molecule has 0 aliphatic carbocycles. The molecule has 0 fully saturated rings. The molecule has 37 heavy (non-hydrogen) atoms. The molecule has 0 saturated heterocycles. The van der Waals surface area contributed by atoms with Gasteiger partial charge in [-0.3, -0.25) is 9.35 Å². The lowest BCUT2D eigenvalue weighted by molar-refractivity contribution is 0.102. The standard InChI is InChI=1S/C25H19Cl2N3O6S/c1-13-10-18(21(27)20(11-13)37(33,34)35)29-30-22-15-7-4-3-6-14(15)12-16(24(22)31)25(32)28-23-17(26)8-5-9-19(23)36-2/h3-12,31H,1-2H3,(H,28,32)(H,33,34,35). The second-order valence-corrected chi connectivity index (χ2v) is 10.1. The Kier molecular flexibility index (Phi) is 7.37. The van der Waals surface area contributed by atoms with Crippen molar-refractivity contribution in [3.8, 4) is 11.5 Å². The Morgan fingerprint density at radius 1 is 1.03 bits per heavy atom. The van der Waals surface area contributed by atoms with Gasteiger partial charge >= 0.3 is 0 Å². The number of phenolic OH excluding ortho intramolecular Hbond substituents is 1. The van der Waals surface area contributed by atoms with Gasteiger partial charge < -0.3 is 15.2 Å².